The molecule has 20 heavy (non-hydrogen) atoms. The van der Waals surface area contributed by atoms with Crippen molar-refractivity contribution in [3.05, 3.63) is 28.8 Å². The van der Waals surface area contributed by atoms with Crippen molar-refractivity contribution in [1.82, 2.24) is 0 Å². The van der Waals surface area contributed by atoms with Gasteiger partial charge in [-0.25, -0.2) is 4.79 Å². The van der Waals surface area contributed by atoms with E-state index < -0.39 is 5.97 Å². The van der Waals surface area contributed by atoms with E-state index in [9.17, 15) is 4.79 Å². The number of hydrogen-bond donors (Lipinski definition) is 1. The number of nitrogens with one attached hydrogen (secondary N) is 1. The highest BCUT2D eigenvalue weighted by Gasteiger charge is 2.18. The number of benzene rings is 1. The Morgan fingerprint density at radius 1 is 1.50 bits per heavy atom. The van der Waals surface area contributed by atoms with Crippen molar-refractivity contribution in [2.75, 3.05) is 19.0 Å². The van der Waals surface area contributed by atoms with Gasteiger partial charge in [0.2, 0.25) is 0 Å². The van der Waals surface area contributed by atoms with Crippen LogP contribution in [0.3, 0.4) is 0 Å². The van der Waals surface area contributed by atoms with E-state index in [0.29, 0.717) is 29.2 Å². The second kappa shape index (κ2) is 7.16. The predicted molar refractivity (Wildman–Crippen MR) is 79.9 cm³/mol. The number of hydrogen-bond acceptors (Lipinski definition) is 4. The van der Waals surface area contributed by atoms with Crippen LogP contribution in [0.2, 0.25) is 5.02 Å². The minimum atomic E-state index is -0.395. The average molecular weight is 295 g/mol. The monoisotopic (exact) mass is 294 g/mol. The van der Waals surface area contributed by atoms with Crippen molar-refractivity contribution in [3.8, 4) is 6.07 Å². The van der Waals surface area contributed by atoms with Gasteiger partial charge in [0.1, 0.15) is 0 Å². The number of esters is 1. The maximum Gasteiger partial charge on any atom is 0.337 e. The van der Waals surface area contributed by atoms with Gasteiger partial charge >= 0.3 is 5.97 Å². The summed E-state index contributed by atoms with van der Waals surface area (Å²) < 4.78 is 4.68. The van der Waals surface area contributed by atoms with Crippen LogP contribution >= 0.6 is 11.6 Å². The fourth-order valence-corrected chi connectivity index (χ4v) is 1.91. The van der Waals surface area contributed by atoms with Crippen LogP contribution in [0.1, 0.15) is 37.0 Å². The lowest BCUT2D eigenvalue weighted by Crippen LogP contribution is -2.23. The van der Waals surface area contributed by atoms with Crippen molar-refractivity contribution >= 4 is 23.3 Å². The maximum absolute atomic E-state index is 11.5. The number of anilines is 1. The van der Waals surface area contributed by atoms with Crippen LogP contribution in [-0.2, 0) is 4.74 Å². The summed E-state index contributed by atoms with van der Waals surface area (Å²) in [5, 5.41) is 12.4. The fraction of sp³-hybridized carbons (Fsp3) is 0.467. The first-order valence-electron chi connectivity index (χ1n) is 6.38. The summed E-state index contributed by atoms with van der Waals surface area (Å²) >= 11 is 6.11. The zero-order valence-electron chi connectivity index (χ0n) is 12.0. The third-order valence-electron chi connectivity index (χ3n) is 3.06. The summed E-state index contributed by atoms with van der Waals surface area (Å²) in [6, 6.07) is 7.12. The van der Waals surface area contributed by atoms with Gasteiger partial charge in [-0.1, -0.05) is 25.4 Å². The van der Waals surface area contributed by atoms with E-state index in [-0.39, 0.29) is 5.41 Å². The van der Waals surface area contributed by atoms with E-state index in [1.165, 1.54) is 7.11 Å². The molecule has 1 N–H and O–H groups in total. The van der Waals surface area contributed by atoms with Crippen molar-refractivity contribution < 1.29 is 9.53 Å². The molecular weight excluding hydrogens is 276 g/mol. The van der Waals surface area contributed by atoms with Crippen LogP contribution in [0.5, 0.6) is 0 Å². The first-order valence-corrected chi connectivity index (χ1v) is 6.76. The molecule has 0 aliphatic heterocycles. The van der Waals surface area contributed by atoms with E-state index in [4.69, 9.17) is 16.9 Å². The molecule has 0 aliphatic rings. The van der Waals surface area contributed by atoms with E-state index >= 15 is 0 Å². The van der Waals surface area contributed by atoms with Gasteiger partial charge < -0.3 is 10.1 Å². The third kappa shape index (κ3) is 4.75. The van der Waals surface area contributed by atoms with Crippen LogP contribution in [0.15, 0.2) is 18.2 Å². The number of methoxy groups -OCH3 is 1. The van der Waals surface area contributed by atoms with E-state index in [0.717, 1.165) is 6.42 Å². The molecule has 1 aromatic carbocycles. The van der Waals surface area contributed by atoms with Gasteiger partial charge in [0.15, 0.2) is 0 Å². The number of ether oxygens (including phenoxy) is 1. The molecule has 0 heterocycles. The van der Waals surface area contributed by atoms with Crippen molar-refractivity contribution in [2.24, 2.45) is 5.41 Å². The first kappa shape index (κ1) is 16.3. The second-order valence-electron chi connectivity index (χ2n) is 5.36. The van der Waals surface area contributed by atoms with Crippen LogP contribution in [0.25, 0.3) is 0 Å². The van der Waals surface area contributed by atoms with Crippen LogP contribution in [0, 0.1) is 16.7 Å². The molecule has 0 unspecified atom stereocenters. The Balaban J connectivity index is 2.77. The molecule has 1 rings (SSSR count). The number of carbonyl (C=O) groups excluding carboxylic acids is 1. The zero-order chi connectivity index (χ0) is 15.2. The van der Waals surface area contributed by atoms with Gasteiger partial charge in [-0.15, -0.1) is 0 Å². The second-order valence-corrected chi connectivity index (χ2v) is 5.77. The predicted octanol–water partition coefficient (Wildman–Crippen LogP) is 3.87. The van der Waals surface area contributed by atoms with E-state index in [2.05, 4.69) is 30.0 Å². The molecule has 1 aromatic rings. The zero-order valence-corrected chi connectivity index (χ0v) is 12.8. The highest BCUT2D eigenvalue weighted by atomic mass is 35.5. The van der Waals surface area contributed by atoms with Gasteiger partial charge in [-0.2, -0.15) is 5.26 Å². The summed E-state index contributed by atoms with van der Waals surface area (Å²) in [6.45, 7) is 4.82. The number of carbonyl (C=O) groups is 1. The molecule has 0 fully saturated rings. The van der Waals surface area contributed by atoms with Gasteiger partial charge in [-0.3, -0.25) is 0 Å². The Morgan fingerprint density at radius 3 is 2.80 bits per heavy atom. The summed E-state index contributed by atoms with van der Waals surface area (Å²) in [6.07, 6.45) is 1.31. The lowest BCUT2D eigenvalue weighted by Gasteiger charge is -2.24. The van der Waals surface area contributed by atoms with Crippen LogP contribution in [-0.4, -0.2) is 19.6 Å². The largest absolute Gasteiger partial charge is 0.465 e. The molecule has 0 aromatic heterocycles. The molecule has 0 atom stereocenters. The third-order valence-corrected chi connectivity index (χ3v) is 3.39. The molecule has 0 saturated heterocycles. The van der Waals surface area contributed by atoms with Gasteiger partial charge in [0, 0.05) is 13.0 Å². The molecule has 0 aliphatic carbocycles. The topological polar surface area (TPSA) is 62.1 Å². The summed E-state index contributed by atoms with van der Waals surface area (Å²) in [4.78, 5) is 11.5. The summed E-state index contributed by atoms with van der Waals surface area (Å²) in [5.74, 6) is -0.395. The Labute approximate surface area is 124 Å². The molecule has 4 nitrogen and oxygen atoms in total. The average Bonchev–Trinajstić information content (AvgIpc) is 2.43. The van der Waals surface area contributed by atoms with Crippen LogP contribution in [0.4, 0.5) is 5.69 Å². The van der Waals surface area contributed by atoms with Gasteiger partial charge in [0.05, 0.1) is 29.5 Å². The number of rotatable bonds is 6. The molecule has 0 radical (unpaired) electrons. The molecule has 5 heteroatoms. The lowest BCUT2D eigenvalue weighted by molar-refractivity contribution is 0.0601. The Kier molecular flexibility index (Phi) is 5.84. The SMILES string of the molecule is COC(=O)c1ccc(Cl)c(NCC(C)(C)CCC#N)c1. The highest BCUT2D eigenvalue weighted by Crippen LogP contribution is 2.27. The fourth-order valence-electron chi connectivity index (χ4n) is 1.72. The normalized spacial score (nSPS) is 10.8. The highest BCUT2D eigenvalue weighted by molar-refractivity contribution is 6.33. The summed E-state index contributed by atoms with van der Waals surface area (Å²) in [7, 11) is 1.34. The minimum Gasteiger partial charge on any atom is -0.465 e. The maximum atomic E-state index is 11.5. The molecule has 0 amide bonds. The molecule has 0 saturated carbocycles. The van der Waals surface area contributed by atoms with E-state index in [1.807, 2.05) is 0 Å². The standard InChI is InChI=1S/C15H19ClN2O2/c1-15(2,7-4-8-17)10-18-13-9-11(14(19)20-3)5-6-12(13)16/h5-6,9,18H,4,7,10H2,1-3H3. The minimum absolute atomic E-state index is 0.0275. The molecule has 0 spiro atoms. The van der Waals surface area contributed by atoms with Crippen molar-refractivity contribution in [1.29, 1.82) is 5.26 Å². The Morgan fingerprint density at radius 2 is 2.20 bits per heavy atom. The number of nitriles is 1. The Hall–Kier alpha value is -1.73. The lowest BCUT2D eigenvalue weighted by atomic mass is 9.88. The number of halogens is 1. The van der Waals surface area contributed by atoms with Crippen molar-refractivity contribution in [3.63, 3.8) is 0 Å². The van der Waals surface area contributed by atoms with Gasteiger partial charge in [0.25, 0.3) is 0 Å². The molecule has 0 bridgehead atoms. The smallest absolute Gasteiger partial charge is 0.337 e. The summed E-state index contributed by atoms with van der Waals surface area (Å²) in [5.41, 5.74) is 1.12. The van der Waals surface area contributed by atoms with Crippen molar-refractivity contribution in [2.45, 2.75) is 26.7 Å². The molecule has 108 valence electrons. The quantitative estimate of drug-likeness (QED) is 0.809. The Bertz CT molecular complexity index is 521. The number of nitrogens with zero attached hydrogens (tertiary/aromatic N) is 1. The van der Waals surface area contributed by atoms with E-state index in [1.54, 1.807) is 18.2 Å². The van der Waals surface area contributed by atoms with Gasteiger partial charge in [-0.05, 0) is 30.0 Å². The van der Waals surface area contributed by atoms with Crippen LogP contribution < -0.4 is 5.32 Å². The molecular formula is C15H19ClN2O2. The first-order chi connectivity index (χ1) is 9.39.